The SMILES string of the molecule is c1cn(C2CC2)c(NC2CCSC2)n1. The van der Waals surface area contributed by atoms with Gasteiger partial charge in [0.05, 0.1) is 0 Å². The van der Waals surface area contributed by atoms with Crippen LogP contribution < -0.4 is 5.32 Å². The Morgan fingerprint density at radius 2 is 2.36 bits per heavy atom. The minimum Gasteiger partial charge on any atom is -0.352 e. The second-order valence-electron chi connectivity index (χ2n) is 4.09. The Labute approximate surface area is 88.3 Å². The van der Waals surface area contributed by atoms with E-state index in [-0.39, 0.29) is 0 Å². The Morgan fingerprint density at radius 1 is 1.43 bits per heavy atom. The highest BCUT2D eigenvalue weighted by molar-refractivity contribution is 7.99. The fourth-order valence-electron chi connectivity index (χ4n) is 1.90. The summed E-state index contributed by atoms with van der Waals surface area (Å²) in [6, 6.07) is 1.37. The Morgan fingerprint density at radius 3 is 3.07 bits per heavy atom. The van der Waals surface area contributed by atoms with Gasteiger partial charge in [0.2, 0.25) is 5.95 Å². The number of rotatable bonds is 3. The van der Waals surface area contributed by atoms with Crippen molar-refractivity contribution in [2.45, 2.75) is 31.3 Å². The van der Waals surface area contributed by atoms with Crippen LogP contribution in [0.1, 0.15) is 25.3 Å². The molecule has 0 bridgehead atoms. The van der Waals surface area contributed by atoms with Crippen LogP contribution in [0.2, 0.25) is 0 Å². The van der Waals surface area contributed by atoms with Crippen molar-refractivity contribution in [3.8, 4) is 0 Å². The summed E-state index contributed by atoms with van der Waals surface area (Å²) in [5, 5.41) is 3.54. The van der Waals surface area contributed by atoms with Gasteiger partial charge >= 0.3 is 0 Å². The monoisotopic (exact) mass is 209 g/mol. The molecule has 1 aromatic heterocycles. The number of hydrogen-bond donors (Lipinski definition) is 1. The summed E-state index contributed by atoms with van der Waals surface area (Å²) < 4.78 is 2.29. The van der Waals surface area contributed by atoms with Gasteiger partial charge < -0.3 is 9.88 Å². The van der Waals surface area contributed by atoms with E-state index >= 15 is 0 Å². The Balaban J connectivity index is 1.71. The highest BCUT2D eigenvalue weighted by Gasteiger charge is 2.26. The lowest BCUT2D eigenvalue weighted by molar-refractivity contribution is 0.717. The van der Waals surface area contributed by atoms with Gasteiger partial charge in [0, 0.05) is 30.2 Å². The predicted octanol–water partition coefficient (Wildman–Crippen LogP) is 2.14. The molecule has 4 heteroatoms. The fourth-order valence-corrected chi connectivity index (χ4v) is 3.06. The van der Waals surface area contributed by atoms with Gasteiger partial charge in [-0.05, 0) is 25.0 Å². The minimum atomic E-state index is 0.639. The lowest BCUT2D eigenvalue weighted by atomic mass is 10.3. The average Bonchev–Trinajstić information content (AvgIpc) is 2.74. The molecular weight excluding hydrogens is 194 g/mol. The summed E-state index contributed by atoms with van der Waals surface area (Å²) in [6.07, 6.45) is 7.93. The highest BCUT2D eigenvalue weighted by Crippen LogP contribution is 2.37. The second kappa shape index (κ2) is 3.50. The first-order chi connectivity index (χ1) is 6.93. The Kier molecular flexibility index (Phi) is 2.16. The molecule has 1 saturated carbocycles. The van der Waals surface area contributed by atoms with Crippen molar-refractivity contribution >= 4 is 17.7 Å². The molecule has 3 rings (SSSR count). The number of aromatic nitrogens is 2. The van der Waals surface area contributed by atoms with Gasteiger partial charge in [-0.3, -0.25) is 0 Å². The summed E-state index contributed by atoms with van der Waals surface area (Å²) in [4.78, 5) is 4.38. The smallest absolute Gasteiger partial charge is 0.203 e. The van der Waals surface area contributed by atoms with Crippen LogP contribution in [0.5, 0.6) is 0 Å². The van der Waals surface area contributed by atoms with Crippen LogP contribution in [0.3, 0.4) is 0 Å². The topological polar surface area (TPSA) is 29.9 Å². The normalized spacial score (nSPS) is 26.7. The largest absolute Gasteiger partial charge is 0.352 e. The molecule has 14 heavy (non-hydrogen) atoms. The zero-order valence-corrected chi connectivity index (χ0v) is 8.96. The maximum Gasteiger partial charge on any atom is 0.203 e. The van der Waals surface area contributed by atoms with Crippen molar-refractivity contribution in [1.29, 1.82) is 0 Å². The van der Waals surface area contributed by atoms with Gasteiger partial charge in [-0.25, -0.2) is 4.98 Å². The fraction of sp³-hybridized carbons (Fsp3) is 0.700. The molecule has 2 heterocycles. The van der Waals surface area contributed by atoms with Crippen molar-refractivity contribution in [2.24, 2.45) is 0 Å². The van der Waals surface area contributed by atoms with E-state index in [0.29, 0.717) is 6.04 Å². The number of anilines is 1. The number of thioether (sulfide) groups is 1. The summed E-state index contributed by atoms with van der Waals surface area (Å²) in [5.74, 6) is 3.61. The maximum atomic E-state index is 4.38. The number of hydrogen-bond acceptors (Lipinski definition) is 3. The zero-order chi connectivity index (χ0) is 9.38. The summed E-state index contributed by atoms with van der Waals surface area (Å²) in [5.41, 5.74) is 0. The lowest BCUT2D eigenvalue weighted by Gasteiger charge is -2.13. The Bertz CT molecular complexity index is 313. The number of imidazole rings is 1. The predicted molar refractivity (Wildman–Crippen MR) is 59.9 cm³/mol. The van der Waals surface area contributed by atoms with E-state index in [4.69, 9.17) is 0 Å². The van der Waals surface area contributed by atoms with E-state index in [1.54, 1.807) is 0 Å². The van der Waals surface area contributed by atoms with E-state index in [9.17, 15) is 0 Å². The Hall–Kier alpha value is -0.640. The molecule has 0 radical (unpaired) electrons. The van der Waals surface area contributed by atoms with Crippen molar-refractivity contribution < 1.29 is 0 Å². The van der Waals surface area contributed by atoms with Crippen molar-refractivity contribution in [3.63, 3.8) is 0 Å². The molecule has 2 aliphatic rings. The van der Waals surface area contributed by atoms with Crippen LogP contribution in [0.4, 0.5) is 5.95 Å². The molecule has 3 nitrogen and oxygen atoms in total. The molecular formula is C10H15N3S. The molecule has 1 atom stereocenters. The number of nitrogens with zero attached hydrogens (tertiary/aromatic N) is 2. The van der Waals surface area contributed by atoms with Crippen LogP contribution in [0.25, 0.3) is 0 Å². The molecule has 0 spiro atoms. The first-order valence-electron chi connectivity index (χ1n) is 5.30. The molecule has 1 unspecified atom stereocenters. The molecule has 2 fully saturated rings. The maximum absolute atomic E-state index is 4.38. The zero-order valence-electron chi connectivity index (χ0n) is 8.15. The van der Waals surface area contributed by atoms with Crippen LogP contribution in [-0.2, 0) is 0 Å². The van der Waals surface area contributed by atoms with Crippen LogP contribution >= 0.6 is 11.8 Å². The van der Waals surface area contributed by atoms with Gasteiger partial charge in [0.1, 0.15) is 0 Å². The van der Waals surface area contributed by atoms with Gasteiger partial charge in [0.25, 0.3) is 0 Å². The van der Waals surface area contributed by atoms with Gasteiger partial charge in [-0.2, -0.15) is 11.8 Å². The summed E-state index contributed by atoms with van der Waals surface area (Å²) in [6.45, 7) is 0. The molecule has 1 saturated heterocycles. The van der Waals surface area contributed by atoms with E-state index in [0.717, 1.165) is 12.0 Å². The van der Waals surface area contributed by atoms with Gasteiger partial charge in [-0.1, -0.05) is 0 Å². The van der Waals surface area contributed by atoms with Crippen molar-refractivity contribution in [1.82, 2.24) is 9.55 Å². The van der Waals surface area contributed by atoms with Crippen molar-refractivity contribution in [3.05, 3.63) is 12.4 Å². The molecule has 1 aliphatic carbocycles. The second-order valence-corrected chi connectivity index (χ2v) is 5.24. The molecule has 76 valence electrons. The summed E-state index contributed by atoms with van der Waals surface area (Å²) >= 11 is 2.03. The third kappa shape index (κ3) is 1.63. The molecule has 1 aromatic rings. The standard InChI is InChI=1S/C10H15N3S/c1-2-9(1)13-5-4-11-10(13)12-8-3-6-14-7-8/h4-5,8-9H,1-3,6-7H2,(H,11,12). The minimum absolute atomic E-state index is 0.639. The number of nitrogens with one attached hydrogen (secondary N) is 1. The van der Waals surface area contributed by atoms with E-state index in [2.05, 4.69) is 21.1 Å². The molecule has 0 amide bonds. The third-order valence-corrected chi connectivity index (χ3v) is 4.03. The third-order valence-electron chi connectivity index (χ3n) is 2.87. The van der Waals surface area contributed by atoms with E-state index < -0.39 is 0 Å². The van der Waals surface area contributed by atoms with E-state index in [1.807, 2.05) is 18.0 Å². The lowest BCUT2D eigenvalue weighted by Crippen LogP contribution is -2.20. The van der Waals surface area contributed by atoms with Crippen molar-refractivity contribution in [2.75, 3.05) is 16.8 Å². The van der Waals surface area contributed by atoms with E-state index in [1.165, 1.54) is 30.8 Å². The molecule has 1 N–H and O–H groups in total. The molecule has 0 aromatic carbocycles. The van der Waals surface area contributed by atoms with Crippen LogP contribution in [-0.4, -0.2) is 27.1 Å². The summed E-state index contributed by atoms with van der Waals surface area (Å²) in [7, 11) is 0. The van der Waals surface area contributed by atoms with Gasteiger partial charge in [0.15, 0.2) is 0 Å². The first kappa shape index (κ1) is 8.65. The first-order valence-corrected chi connectivity index (χ1v) is 6.46. The molecule has 1 aliphatic heterocycles. The average molecular weight is 209 g/mol. The quantitative estimate of drug-likeness (QED) is 0.827. The van der Waals surface area contributed by atoms with Crippen LogP contribution in [0.15, 0.2) is 12.4 Å². The van der Waals surface area contributed by atoms with Gasteiger partial charge in [-0.15, -0.1) is 0 Å². The highest BCUT2D eigenvalue weighted by atomic mass is 32.2. The van der Waals surface area contributed by atoms with Crippen LogP contribution in [0, 0.1) is 0 Å².